The summed E-state index contributed by atoms with van der Waals surface area (Å²) in [5.74, 6) is -1.06. The predicted octanol–water partition coefficient (Wildman–Crippen LogP) is 6.06. The minimum absolute atomic E-state index is 0.0565. The Hall–Kier alpha value is -3.04. The third kappa shape index (κ3) is 5.73. The van der Waals surface area contributed by atoms with Crippen molar-refractivity contribution in [3.63, 3.8) is 0 Å². The van der Waals surface area contributed by atoms with Crippen LogP contribution in [0.4, 0.5) is 4.39 Å². The maximum atomic E-state index is 15.8. The highest BCUT2D eigenvalue weighted by atomic mass is 35.5. The maximum Gasteiger partial charge on any atom is 0.309 e. The van der Waals surface area contributed by atoms with Gasteiger partial charge < -0.3 is 14.4 Å². The van der Waals surface area contributed by atoms with Gasteiger partial charge in [0, 0.05) is 43.7 Å². The molecule has 2 aromatic rings. The molecule has 1 saturated carbocycles. The van der Waals surface area contributed by atoms with E-state index < -0.39 is 11.6 Å². The van der Waals surface area contributed by atoms with Gasteiger partial charge in [0.2, 0.25) is 5.91 Å². The van der Waals surface area contributed by atoms with E-state index in [2.05, 4.69) is 6.92 Å². The van der Waals surface area contributed by atoms with Crippen LogP contribution >= 0.6 is 11.6 Å². The molecule has 10 heteroatoms. The summed E-state index contributed by atoms with van der Waals surface area (Å²) in [5.41, 5.74) is 2.21. The molecule has 2 heterocycles. The van der Waals surface area contributed by atoms with Gasteiger partial charge in [0.15, 0.2) is 0 Å². The van der Waals surface area contributed by atoms with Crippen LogP contribution in [0.5, 0.6) is 0 Å². The third-order valence-corrected chi connectivity index (χ3v) is 10.3. The van der Waals surface area contributed by atoms with Crippen molar-refractivity contribution in [1.82, 2.24) is 14.7 Å². The maximum absolute atomic E-state index is 15.8. The second-order valence-corrected chi connectivity index (χ2v) is 13.1. The first-order valence-electron chi connectivity index (χ1n) is 16.0. The number of carbonyl (C=O) groups excluding carboxylic acids is 3. The number of allylic oxidation sites excluding steroid dienone is 2. The molecule has 44 heavy (non-hydrogen) atoms. The molecule has 1 saturated heterocycles. The molecular weight excluding hydrogens is 585 g/mol. The summed E-state index contributed by atoms with van der Waals surface area (Å²) in [6.45, 7) is 3.64. The molecule has 6 rings (SSSR count). The summed E-state index contributed by atoms with van der Waals surface area (Å²) in [6, 6.07) is 4.95. The molecule has 3 aliphatic carbocycles. The Labute approximate surface area is 262 Å². The number of unbranched alkanes of at least 4 members (excludes halogenated alkanes) is 1. The van der Waals surface area contributed by atoms with Crippen molar-refractivity contribution in [3.8, 4) is 0 Å². The quantitative estimate of drug-likeness (QED) is 0.248. The molecule has 1 amide bonds. The fourth-order valence-corrected chi connectivity index (χ4v) is 7.20. The van der Waals surface area contributed by atoms with Crippen LogP contribution in [0.3, 0.4) is 0 Å². The molecule has 1 aromatic heterocycles. The van der Waals surface area contributed by atoms with Crippen molar-refractivity contribution in [3.05, 3.63) is 57.4 Å². The zero-order valence-corrected chi connectivity index (χ0v) is 26.3. The number of amides is 1. The number of esters is 1. The van der Waals surface area contributed by atoms with Crippen molar-refractivity contribution >= 4 is 35.0 Å². The Morgan fingerprint density at radius 3 is 2.57 bits per heavy atom. The fraction of sp³-hybridized carbons (Fsp3) is 0.588. The van der Waals surface area contributed by atoms with E-state index in [1.54, 1.807) is 25.3 Å². The number of nitrogens with zero attached hydrogens (tertiary/aromatic N) is 3. The third-order valence-electron chi connectivity index (χ3n) is 9.95. The van der Waals surface area contributed by atoms with Crippen molar-refractivity contribution in [2.24, 2.45) is 11.8 Å². The summed E-state index contributed by atoms with van der Waals surface area (Å²) in [6.07, 6.45) is 8.79. The number of ether oxygens (including phenoxy) is 2. The van der Waals surface area contributed by atoms with Gasteiger partial charge in [0.25, 0.3) is 5.91 Å². The number of halogens is 2. The average molecular weight is 626 g/mol. The smallest absolute Gasteiger partial charge is 0.309 e. The molecule has 2 fully saturated rings. The molecule has 0 bridgehead atoms. The lowest BCUT2D eigenvalue weighted by molar-refractivity contribution is -0.149. The highest BCUT2D eigenvalue weighted by molar-refractivity contribution is 6.34. The van der Waals surface area contributed by atoms with Gasteiger partial charge in [-0.3, -0.25) is 14.4 Å². The van der Waals surface area contributed by atoms with E-state index in [0.717, 1.165) is 36.1 Å². The molecule has 1 aromatic carbocycles. The molecule has 0 radical (unpaired) electrons. The van der Waals surface area contributed by atoms with E-state index in [1.807, 2.05) is 11.0 Å². The second kappa shape index (κ2) is 12.8. The number of hydrogen-bond acceptors (Lipinski definition) is 6. The Morgan fingerprint density at radius 1 is 1.14 bits per heavy atom. The first kappa shape index (κ1) is 31.0. The van der Waals surface area contributed by atoms with Crippen LogP contribution in [0.25, 0.3) is 5.57 Å². The van der Waals surface area contributed by atoms with Crippen LogP contribution in [0, 0.1) is 11.8 Å². The highest BCUT2D eigenvalue weighted by Gasteiger charge is 2.44. The minimum atomic E-state index is -1.59. The number of benzene rings is 1. The normalized spacial score (nSPS) is 22.8. The van der Waals surface area contributed by atoms with Gasteiger partial charge in [-0.2, -0.15) is 9.78 Å². The van der Waals surface area contributed by atoms with Gasteiger partial charge in [-0.05, 0) is 69.4 Å². The van der Waals surface area contributed by atoms with Gasteiger partial charge in [-0.25, -0.2) is 4.39 Å². The SMILES string of the molecule is CCCCOC(=O)C1CC=C(c2nn(C(=O)c3c(Cl)cccc3C3(F)CCC3)c3c2CCC(C(=O)N2CC(OC)C2)C3)CC1. The molecule has 0 spiro atoms. The molecule has 8 nitrogen and oxygen atoms in total. The standard InChI is InChI=1S/C34H41ClFN3O5/c1-3-4-17-44-33(42)22-11-9-21(10-12-22)30-25-14-13-23(31(40)38-19-24(20-38)43-2)18-28(25)39(37-30)32(41)29-26(7-5-8-27(29)35)34(36)15-6-16-34/h5,7-9,22-24H,3-4,6,10-20H2,1-2H3. The number of carbonyl (C=O) groups is 3. The number of fused-ring (bicyclic) bond motifs is 1. The van der Waals surface area contributed by atoms with Crippen LogP contribution in [0.1, 0.15) is 97.6 Å². The Morgan fingerprint density at radius 2 is 1.91 bits per heavy atom. The molecule has 0 N–H and O–H groups in total. The van der Waals surface area contributed by atoms with Crippen molar-refractivity contribution < 1.29 is 28.2 Å². The summed E-state index contributed by atoms with van der Waals surface area (Å²) in [7, 11) is 1.65. The highest BCUT2D eigenvalue weighted by Crippen LogP contribution is 2.48. The van der Waals surface area contributed by atoms with Gasteiger partial charge in [-0.15, -0.1) is 0 Å². The van der Waals surface area contributed by atoms with Crippen LogP contribution in [0.2, 0.25) is 5.02 Å². The first-order valence-corrected chi connectivity index (χ1v) is 16.4. The molecule has 236 valence electrons. The van der Waals surface area contributed by atoms with Crippen LogP contribution in [-0.4, -0.2) is 65.4 Å². The topological polar surface area (TPSA) is 90.7 Å². The molecular formula is C34H41ClFN3O5. The van der Waals surface area contributed by atoms with Gasteiger partial charge in [-0.1, -0.05) is 43.2 Å². The van der Waals surface area contributed by atoms with Gasteiger partial charge in [0.05, 0.1) is 40.6 Å². The molecule has 4 aliphatic rings. The van der Waals surface area contributed by atoms with Crippen LogP contribution in [0.15, 0.2) is 24.3 Å². The lowest BCUT2D eigenvalue weighted by atomic mass is 9.75. The van der Waals surface area contributed by atoms with Crippen molar-refractivity contribution in [2.75, 3.05) is 26.8 Å². The lowest BCUT2D eigenvalue weighted by Crippen LogP contribution is -2.56. The number of aromatic nitrogens is 2. The zero-order chi connectivity index (χ0) is 31.0. The number of methoxy groups -OCH3 is 1. The monoisotopic (exact) mass is 625 g/mol. The van der Waals surface area contributed by atoms with Crippen molar-refractivity contribution in [1.29, 1.82) is 0 Å². The van der Waals surface area contributed by atoms with Crippen LogP contribution in [-0.2, 0) is 37.6 Å². The summed E-state index contributed by atoms with van der Waals surface area (Å²) in [5, 5.41) is 5.08. The van der Waals surface area contributed by atoms with E-state index in [1.165, 1.54) is 4.68 Å². The Bertz CT molecular complexity index is 1480. The van der Waals surface area contributed by atoms with Crippen molar-refractivity contribution in [2.45, 2.75) is 89.3 Å². The Kier molecular flexibility index (Phi) is 8.98. The van der Waals surface area contributed by atoms with Crippen LogP contribution < -0.4 is 0 Å². The summed E-state index contributed by atoms with van der Waals surface area (Å²) >= 11 is 6.61. The van der Waals surface area contributed by atoms with E-state index in [-0.39, 0.29) is 40.4 Å². The average Bonchev–Trinajstić information content (AvgIpc) is 3.38. The summed E-state index contributed by atoms with van der Waals surface area (Å²) < 4.78 is 28.0. The lowest BCUT2D eigenvalue weighted by Gasteiger charge is -2.40. The van der Waals surface area contributed by atoms with Gasteiger partial charge in [0.1, 0.15) is 5.67 Å². The predicted molar refractivity (Wildman–Crippen MR) is 164 cm³/mol. The van der Waals surface area contributed by atoms with E-state index >= 15 is 4.39 Å². The largest absolute Gasteiger partial charge is 0.465 e. The first-order chi connectivity index (χ1) is 21.2. The molecule has 2 atom stereocenters. The second-order valence-electron chi connectivity index (χ2n) is 12.7. The molecule has 1 aliphatic heterocycles. The van der Waals surface area contributed by atoms with E-state index in [4.69, 9.17) is 26.2 Å². The number of hydrogen-bond donors (Lipinski definition) is 0. The van der Waals surface area contributed by atoms with E-state index in [0.29, 0.717) is 82.3 Å². The number of alkyl halides is 1. The minimum Gasteiger partial charge on any atom is -0.465 e. The molecule has 2 unspecified atom stereocenters. The zero-order valence-electron chi connectivity index (χ0n) is 25.6. The van der Waals surface area contributed by atoms with Gasteiger partial charge >= 0.3 is 5.97 Å². The fourth-order valence-electron chi connectivity index (χ4n) is 6.95. The Balaban J connectivity index is 1.33. The van der Waals surface area contributed by atoms with E-state index in [9.17, 15) is 14.4 Å². The number of likely N-dealkylation sites (tertiary alicyclic amines) is 1. The number of rotatable bonds is 9. The summed E-state index contributed by atoms with van der Waals surface area (Å²) in [4.78, 5) is 42.2.